The predicted octanol–water partition coefficient (Wildman–Crippen LogP) is 3.12. The second-order valence-electron chi connectivity index (χ2n) is 5.25. The molecule has 0 saturated heterocycles. The molecule has 5 heteroatoms. The van der Waals surface area contributed by atoms with E-state index in [1.54, 1.807) is 0 Å². The number of nitrogens with zero attached hydrogens (tertiary/aromatic N) is 3. The van der Waals surface area contributed by atoms with Gasteiger partial charge in [0, 0.05) is 17.5 Å². The molecular formula is C14H20N4S. The van der Waals surface area contributed by atoms with Crippen LogP contribution in [0.2, 0.25) is 0 Å². The lowest BCUT2D eigenvalue weighted by Crippen LogP contribution is -2.34. The van der Waals surface area contributed by atoms with E-state index in [-0.39, 0.29) is 0 Å². The van der Waals surface area contributed by atoms with Crippen LogP contribution in [-0.2, 0) is 0 Å². The number of rotatable bonds is 3. The lowest BCUT2D eigenvalue weighted by molar-refractivity contribution is 0.473. The summed E-state index contributed by atoms with van der Waals surface area (Å²) in [5, 5.41) is 8.71. The average molecular weight is 276 g/mol. The summed E-state index contributed by atoms with van der Waals surface area (Å²) in [5.41, 5.74) is 2.13. The average Bonchev–Trinajstić information content (AvgIpc) is 2.80. The Labute approximate surface area is 118 Å². The molecule has 1 saturated carbocycles. The molecule has 1 fully saturated rings. The lowest BCUT2D eigenvalue weighted by Gasteiger charge is -2.30. The number of aryl methyl sites for hydroxylation is 1. The van der Waals surface area contributed by atoms with Crippen LogP contribution in [0, 0.1) is 6.92 Å². The van der Waals surface area contributed by atoms with Gasteiger partial charge in [-0.05, 0) is 43.7 Å². The fraction of sp³-hybridized carbons (Fsp3) is 0.571. The Bertz CT molecular complexity index is 566. The first-order chi connectivity index (χ1) is 9.26. The van der Waals surface area contributed by atoms with Gasteiger partial charge in [0.25, 0.3) is 0 Å². The van der Waals surface area contributed by atoms with Gasteiger partial charge in [-0.2, -0.15) is 16.7 Å². The normalized spacial score (nSPS) is 23.7. The highest BCUT2D eigenvalue weighted by Gasteiger charge is 2.25. The monoisotopic (exact) mass is 276 g/mol. The van der Waals surface area contributed by atoms with E-state index >= 15 is 0 Å². The first kappa shape index (κ1) is 12.8. The second kappa shape index (κ2) is 5.41. The van der Waals surface area contributed by atoms with Crippen molar-refractivity contribution in [1.82, 2.24) is 14.6 Å². The first-order valence-electron chi connectivity index (χ1n) is 6.88. The molecule has 0 aliphatic heterocycles. The SMILES string of the molecule is CSC1CCCCC1Nc1nc2cc(C)ccn2n1. The molecule has 3 rings (SSSR count). The minimum atomic E-state index is 0.502. The van der Waals surface area contributed by atoms with E-state index in [1.807, 2.05) is 22.5 Å². The Balaban J connectivity index is 1.80. The van der Waals surface area contributed by atoms with Crippen molar-refractivity contribution in [3.05, 3.63) is 23.9 Å². The Morgan fingerprint density at radius 3 is 3.05 bits per heavy atom. The first-order valence-corrected chi connectivity index (χ1v) is 8.17. The maximum absolute atomic E-state index is 4.57. The lowest BCUT2D eigenvalue weighted by atomic mass is 9.95. The third-order valence-electron chi connectivity index (χ3n) is 3.81. The van der Waals surface area contributed by atoms with Crippen LogP contribution < -0.4 is 5.32 Å². The highest BCUT2D eigenvalue weighted by atomic mass is 32.2. The summed E-state index contributed by atoms with van der Waals surface area (Å²) in [7, 11) is 0. The standard InChI is InChI=1S/C14H20N4S/c1-10-7-8-18-13(9-10)16-14(17-18)15-11-5-3-4-6-12(11)19-2/h7-9,11-12H,3-6H2,1-2H3,(H,15,17). The van der Waals surface area contributed by atoms with Crippen molar-refractivity contribution in [2.75, 3.05) is 11.6 Å². The molecule has 0 spiro atoms. The minimum Gasteiger partial charge on any atom is -0.349 e. The molecule has 0 radical (unpaired) electrons. The quantitative estimate of drug-likeness (QED) is 0.935. The summed E-state index contributed by atoms with van der Waals surface area (Å²) < 4.78 is 1.84. The Morgan fingerprint density at radius 2 is 2.21 bits per heavy atom. The van der Waals surface area contributed by atoms with Gasteiger partial charge >= 0.3 is 0 Å². The number of anilines is 1. The molecule has 0 bridgehead atoms. The van der Waals surface area contributed by atoms with Gasteiger partial charge in [0.05, 0.1) is 0 Å². The van der Waals surface area contributed by atoms with Crippen LogP contribution in [0.4, 0.5) is 5.95 Å². The number of aromatic nitrogens is 3. The molecule has 1 aliphatic rings. The van der Waals surface area contributed by atoms with E-state index in [4.69, 9.17) is 0 Å². The van der Waals surface area contributed by atoms with Gasteiger partial charge in [0.15, 0.2) is 5.65 Å². The third-order valence-corrected chi connectivity index (χ3v) is 4.98. The van der Waals surface area contributed by atoms with Gasteiger partial charge < -0.3 is 5.32 Å². The fourth-order valence-electron chi connectivity index (χ4n) is 2.75. The van der Waals surface area contributed by atoms with Gasteiger partial charge in [0.2, 0.25) is 5.95 Å². The molecule has 102 valence electrons. The molecule has 19 heavy (non-hydrogen) atoms. The summed E-state index contributed by atoms with van der Waals surface area (Å²) in [4.78, 5) is 4.57. The van der Waals surface area contributed by atoms with Gasteiger partial charge in [-0.1, -0.05) is 12.8 Å². The maximum Gasteiger partial charge on any atom is 0.243 e. The van der Waals surface area contributed by atoms with Crippen molar-refractivity contribution in [1.29, 1.82) is 0 Å². The van der Waals surface area contributed by atoms with Crippen LogP contribution in [0.25, 0.3) is 5.65 Å². The summed E-state index contributed by atoms with van der Waals surface area (Å²) in [6.45, 7) is 2.08. The predicted molar refractivity (Wildman–Crippen MR) is 80.9 cm³/mol. The second-order valence-corrected chi connectivity index (χ2v) is 6.33. The number of fused-ring (bicyclic) bond motifs is 1. The largest absolute Gasteiger partial charge is 0.349 e. The number of hydrogen-bond donors (Lipinski definition) is 1. The maximum atomic E-state index is 4.57. The number of hydrogen-bond acceptors (Lipinski definition) is 4. The molecule has 2 aromatic rings. The summed E-state index contributed by atoms with van der Waals surface area (Å²) in [6.07, 6.45) is 9.34. The van der Waals surface area contributed by atoms with Crippen molar-refractivity contribution in [3.63, 3.8) is 0 Å². The highest BCUT2D eigenvalue weighted by molar-refractivity contribution is 7.99. The van der Waals surface area contributed by atoms with Crippen LogP contribution in [0.15, 0.2) is 18.3 Å². The van der Waals surface area contributed by atoms with Crippen molar-refractivity contribution < 1.29 is 0 Å². The highest BCUT2D eigenvalue weighted by Crippen LogP contribution is 2.28. The van der Waals surface area contributed by atoms with Crippen LogP contribution in [0.3, 0.4) is 0 Å². The summed E-state index contributed by atoms with van der Waals surface area (Å²) in [5.74, 6) is 0.761. The zero-order valence-corrected chi connectivity index (χ0v) is 12.3. The molecule has 1 N–H and O–H groups in total. The van der Waals surface area contributed by atoms with Gasteiger partial charge in [-0.3, -0.25) is 0 Å². The van der Waals surface area contributed by atoms with Crippen LogP contribution in [-0.4, -0.2) is 32.1 Å². The van der Waals surface area contributed by atoms with Crippen LogP contribution >= 0.6 is 11.8 Å². The number of pyridine rings is 1. The molecule has 0 aromatic carbocycles. The van der Waals surface area contributed by atoms with Crippen LogP contribution in [0.1, 0.15) is 31.2 Å². The van der Waals surface area contributed by atoms with Gasteiger partial charge in [-0.15, -0.1) is 5.10 Å². The van der Waals surface area contributed by atoms with E-state index < -0.39 is 0 Å². The van der Waals surface area contributed by atoms with Gasteiger partial charge in [0.1, 0.15) is 0 Å². The Morgan fingerprint density at radius 1 is 1.37 bits per heavy atom. The number of thioether (sulfide) groups is 1. The fourth-order valence-corrected chi connectivity index (χ4v) is 3.69. The van der Waals surface area contributed by atoms with E-state index in [0.29, 0.717) is 11.3 Å². The topological polar surface area (TPSA) is 42.2 Å². The molecule has 2 atom stereocenters. The summed E-state index contributed by atoms with van der Waals surface area (Å²) >= 11 is 1.96. The Hall–Kier alpha value is -1.23. The molecule has 2 aromatic heterocycles. The zero-order valence-electron chi connectivity index (χ0n) is 11.5. The van der Waals surface area contributed by atoms with Crippen molar-refractivity contribution in [2.24, 2.45) is 0 Å². The molecule has 4 nitrogen and oxygen atoms in total. The zero-order chi connectivity index (χ0) is 13.2. The van der Waals surface area contributed by atoms with Gasteiger partial charge in [-0.25, -0.2) is 4.52 Å². The third kappa shape index (κ3) is 2.71. The minimum absolute atomic E-state index is 0.502. The molecule has 1 aliphatic carbocycles. The molecular weight excluding hydrogens is 256 g/mol. The van der Waals surface area contributed by atoms with Crippen LogP contribution in [0.5, 0.6) is 0 Å². The van der Waals surface area contributed by atoms with Crippen molar-refractivity contribution >= 4 is 23.4 Å². The Kier molecular flexibility index (Phi) is 3.64. The van der Waals surface area contributed by atoms with Crippen molar-refractivity contribution in [2.45, 2.75) is 43.9 Å². The smallest absolute Gasteiger partial charge is 0.243 e. The van der Waals surface area contributed by atoms with E-state index in [9.17, 15) is 0 Å². The van der Waals surface area contributed by atoms with E-state index in [1.165, 1.54) is 31.2 Å². The molecule has 2 heterocycles. The number of nitrogens with one attached hydrogen (secondary N) is 1. The molecule has 0 amide bonds. The summed E-state index contributed by atoms with van der Waals surface area (Å²) in [6, 6.07) is 4.62. The van der Waals surface area contributed by atoms with E-state index in [2.05, 4.69) is 40.7 Å². The van der Waals surface area contributed by atoms with E-state index in [0.717, 1.165) is 11.6 Å². The molecule has 2 unspecified atom stereocenters. The van der Waals surface area contributed by atoms with Crippen molar-refractivity contribution in [3.8, 4) is 0 Å².